The minimum absolute atomic E-state index is 0.239. The first-order valence-electron chi connectivity index (χ1n) is 7.60. The summed E-state index contributed by atoms with van der Waals surface area (Å²) in [4.78, 5) is 11.6. The van der Waals surface area contributed by atoms with Crippen LogP contribution in [0.4, 0.5) is 0 Å². The van der Waals surface area contributed by atoms with E-state index in [9.17, 15) is 4.79 Å². The van der Waals surface area contributed by atoms with Gasteiger partial charge < -0.3 is 9.47 Å². The summed E-state index contributed by atoms with van der Waals surface area (Å²) in [7, 11) is 1.41. The van der Waals surface area contributed by atoms with Crippen molar-refractivity contribution in [3.05, 3.63) is 62.2 Å². The van der Waals surface area contributed by atoms with Gasteiger partial charge in [0.1, 0.15) is 12.4 Å². The van der Waals surface area contributed by atoms with Gasteiger partial charge in [0.25, 0.3) is 0 Å². The van der Waals surface area contributed by atoms with Crippen molar-refractivity contribution in [2.75, 3.05) is 7.11 Å². The largest absolute Gasteiger partial charge is 0.489 e. The van der Waals surface area contributed by atoms with E-state index in [4.69, 9.17) is 9.47 Å². The number of aryl methyl sites for hydroxylation is 2. The number of methoxy groups -OCH3 is 1. The smallest absolute Gasteiger partial charge is 0.309 e. The van der Waals surface area contributed by atoms with E-state index in [1.807, 2.05) is 24.3 Å². The molecule has 0 spiro atoms. The molecule has 0 atom stereocenters. The number of benzene rings is 2. The second-order valence-corrected chi connectivity index (χ2v) is 6.53. The number of hydrogen-bond donors (Lipinski definition) is 0. The molecule has 0 aliphatic rings. The number of halogens is 1. The molecule has 0 saturated carbocycles. The van der Waals surface area contributed by atoms with E-state index >= 15 is 0 Å². The molecule has 0 saturated heterocycles. The van der Waals surface area contributed by atoms with E-state index in [0.29, 0.717) is 6.61 Å². The molecule has 122 valence electrons. The highest BCUT2D eigenvalue weighted by Crippen LogP contribution is 2.24. The van der Waals surface area contributed by atoms with Gasteiger partial charge in [0.2, 0.25) is 0 Å². The number of esters is 1. The maximum Gasteiger partial charge on any atom is 0.309 e. The van der Waals surface area contributed by atoms with Crippen LogP contribution in [0.1, 0.15) is 29.2 Å². The van der Waals surface area contributed by atoms with Gasteiger partial charge in [-0.05, 0) is 64.8 Å². The highest BCUT2D eigenvalue weighted by molar-refractivity contribution is 14.1. The van der Waals surface area contributed by atoms with Crippen molar-refractivity contribution in [3.8, 4) is 5.75 Å². The summed E-state index contributed by atoms with van der Waals surface area (Å²) >= 11 is 2.28. The van der Waals surface area contributed by atoms with E-state index in [1.165, 1.54) is 12.7 Å². The molecule has 0 aliphatic carbocycles. The fourth-order valence-corrected chi connectivity index (χ4v) is 3.11. The van der Waals surface area contributed by atoms with Gasteiger partial charge in [-0.15, -0.1) is 0 Å². The second-order valence-electron chi connectivity index (χ2n) is 5.37. The Bertz CT molecular complexity index is 695. The summed E-state index contributed by atoms with van der Waals surface area (Å²) in [5.74, 6) is 0.641. The molecule has 0 fully saturated rings. The van der Waals surface area contributed by atoms with Crippen LogP contribution in [0.3, 0.4) is 0 Å². The van der Waals surface area contributed by atoms with Gasteiger partial charge in [-0.1, -0.05) is 31.2 Å². The molecule has 0 amide bonds. The molecular weight excluding hydrogens is 403 g/mol. The third kappa shape index (κ3) is 4.70. The molecule has 0 heterocycles. The zero-order valence-corrected chi connectivity index (χ0v) is 15.8. The summed E-state index contributed by atoms with van der Waals surface area (Å²) in [5, 5.41) is 0. The van der Waals surface area contributed by atoms with Crippen LogP contribution in [-0.2, 0) is 29.0 Å². The van der Waals surface area contributed by atoms with Gasteiger partial charge in [-0.25, -0.2) is 0 Å². The molecule has 0 N–H and O–H groups in total. The molecule has 23 heavy (non-hydrogen) atoms. The maximum atomic E-state index is 11.6. The maximum absolute atomic E-state index is 11.6. The predicted octanol–water partition coefficient (Wildman–Crippen LogP) is 4.46. The van der Waals surface area contributed by atoms with Crippen molar-refractivity contribution < 1.29 is 14.3 Å². The molecule has 0 bridgehead atoms. The molecule has 0 radical (unpaired) electrons. The Morgan fingerprint density at radius 3 is 2.65 bits per heavy atom. The van der Waals surface area contributed by atoms with Crippen molar-refractivity contribution in [1.29, 1.82) is 0 Å². The number of rotatable bonds is 6. The Kier molecular flexibility index (Phi) is 6.45. The lowest BCUT2D eigenvalue weighted by Crippen LogP contribution is -2.10. The van der Waals surface area contributed by atoms with Crippen LogP contribution in [0.2, 0.25) is 0 Å². The van der Waals surface area contributed by atoms with Crippen molar-refractivity contribution in [3.63, 3.8) is 0 Å². The van der Waals surface area contributed by atoms with E-state index in [1.54, 1.807) is 0 Å². The second kappa shape index (κ2) is 8.34. The molecule has 4 heteroatoms. The van der Waals surface area contributed by atoms with Crippen LogP contribution in [0.5, 0.6) is 5.75 Å². The first kappa shape index (κ1) is 17.8. The monoisotopic (exact) mass is 424 g/mol. The first-order chi connectivity index (χ1) is 11.0. The number of ether oxygens (including phenoxy) is 2. The molecule has 2 aromatic carbocycles. The quantitative estimate of drug-likeness (QED) is 0.508. The lowest BCUT2D eigenvalue weighted by atomic mass is 10.1. The van der Waals surface area contributed by atoms with Crippen molar-refractivity contribution in [1.82, 2.24) is 0 Å². The average molecular weight is 424 g/mol. The zero-order valence-electron chi connectivity index (χ0n) is 13.7. The standard InChI is InChI=1S/C19H21IO3/c1-4-14-8-9-18(13(2)10-14)23-12-16-15(11-19(21)22-3)6-5-7-17(16)20/h5-10H,4,11-12H2,1-3H3. The normalized spacial score (nSPS) is 10.4. The third-order valence-electron chi connectivity index (χ3n) is 3.80. The van der Waals surface area contributed by atoms with Gasteiger partial charge in [-0.3, -0.25) is 4.79 Å². The van der Waals surface area contributed by atoms with Crippen molar-refractivity contribution in [2.45, 2.75) is 33.3 Å². The van der Waals surface area contributed by atoms with Gasteiger partial charge in [-0.2, -0.15) is 0 Å². The lowest BCUT2D eigenvalue weighted by molar-refractivity contribution is -0.139. The van der Waals surface area contributed by atoms with Crippen LogP contribution >= 0.6 is 22.6 Å². The molecule has 3 nitrogen and oxygen atoms in total. The Morgan fingerprint density at radius 1 is 1.22 bits per heavy atom. The minimum atomic E-state index is -0.239. The predicted molar refractivity (Wildman–Crippen MR) is 99.8 cm³/mol. The van der Waals surface area contributed by atoms with Crippen LogP contribution in [-0.4, -0.2) is 13.1 Å². The fourth-order valence-electron chi connectivity index (χ4n) is 2.40. The topological polar surface area (TPSA) is 35.5 Å². The van der Waals surface area contributed by atoms with Gasteiger partial charge >= 0.3 is 5.97 Å². The van der Waals surface area contributed by atoms with E-state index in [-0.39, 0.29) is 12.4 Å². The highest BCUT2D eigenvalue weighted by atomic mass is 127. The van der Waals surface area contributed by atoms with E-state index < -0.39 is 0 Å². The summed E-state index contributed by atoms with van der Waals surface area (Å²) in [6.45, 7) is 4.64. The molecule has 0 aliphatic heterocycles. The van der Waals surface area contributed by atoms with Gasteiger partial charge in [0.15, 0.2) is 0 Å². The van der Waals surface area contributed by atoms with Gasteiger partial charge in [0, 0.05) is 9.13 Å². The highest BCUT2D eigenvalue weighted by Gasteiger charge is 2.12. The Labute approximate surface area is 151 Å². The van der Waals surface area contributed by atoms with Crippen LogP contribution in [0, 0.1) is 10.5 Å². The molecule has 2 aromatic rings. The Morgan fingerprint density at radius 2 is 2.00 bits per heavy atom. The average Bonchev–Trinajstić information content (AvgIpc) is 2.55. The Balaban J connectivity index is 2.18. The van der Waals surface area contributed by atoms with Crippen molar-refractivity contribution in [2.24, 2.45) is 0 Å². The Hall–Kier alpha value is -1.56. The molecule has 0 aromatic heterocycles. The zero-order chi connectivity index (χ0) is 16.8. The first-order valence-corrected chi connectivity index (χ1v) is 8.68. The summed E-state index contributed by atoms with van der Waals surface area (Å²) in [6, 6.07) is 12.2. The van der Waals surface area contributed by atoms with Crippen molar-refractivity contribution >= 4 is 28.6 Å². The van der Waals surface area contributed by atoms with Crippen LogP contribution in [0.15, 0.2) is 36.4 Å². The summed E-state index contributed by atoms with van der Waals surface area (Å²) < 4.78 is 11.9. The minimum Gasteiger partial charge on any atom is -0.489 e. The van der Waals surface area contributed by atoms with Gasteiger partial charge in [0.05, 0.1) is 13.5 Å². The molecule has 2 rings (SSSR count). The third-order valence-corrected chi connectivity index (χ3v) is 4.81. The number of carbonyl (C=O) groups excluding carboxylic acids is 1. The van der Waals surface area contributed by atoms with E-state index in [0.717, 1.165) is 32.4 Å². The van der Waals surface area contributed by atoms with E-state index in [2.05, 4.69) is 48.6 Å². The molecular formula is C19H21IO3. The van der Waals surface area contributed by atoms with Crippen LogP contribution < -0.4 is 4.74 Å². The molecule has 0 unspecified atom stereocenters. The van der Waals surface area contributed by atoms with Crippen LogP contribution in [0.25, 0.3) is 0 Å². The lowest BCUT2D eigenvalue weighted by Gasteiger charge is -2.14. The summed E-state index contributed by atoms with van der Waals surface area (Å²) in [5.41, 5.74) is 4.42. The summed E-state index contributed by atoms with van der Waals surface area (Å²) in [6.07, 6.45) is 1.28. The number of carbonyl (C=O) groups is 1. The fraction of sp³-hybridized carbons (Fsp3) is 0.316. The number of hydrogen-bond acceptors (Lipinski definition) is 3. The SMILES string of the molecule is CCc1ccc(OCc2c(I)cccc2CC(=O)OC)c(C)c1.